The number of likely N-dealkylation sites (tertiary alicyclic amines) is 1. The van der Waals surface area contributed by atoms with Gasteiger partial charge in [-0.25, -0.2) is 0 Å². The number of nitriles is 1. The van der Waals surface area contributed by atoms with Crippen LogP contribution in [0.25, 0.3) is 0 Å². The maximum Gasteiger partial charge on any atom is 0.220 e. The Hall–Kier alpha value is -1.08. The van der Waals surface area contributed by atoms with Crippen molar-refractivity contribution in [3.63, 3.8) is 0 Å². The van der Waals surface area contributed by atoms with E-state index in [2.05, 4.69) is 23.3 Å². The zero-order valence-electron chi connectivity index (χ0n) is 11.9. The Bertz CT molecular complexity index is 342. The van der Waals surface area contributed by atoms with Crippen molar-refractivity contribution in [2.24, 2.45) is 11.8 Å². The molecule has 1 saturated heterocycles. The smallest absolute Gasteiger partial charge is 0.220 e. The molecular weight excluding hydrogens is 238 g/mol. The fourth-order valence-corrected chi connectivity index (χ4v) is 3.38. The van der Waals surface area contributed by atoms with Crippen LogP contribution >= 0.6 is 0 Å². The van der Waals surface area contributed by atoms with Crippen molar-refractivity contribution >= 4 is 5.91 Å². The van der Waals surface area contributed by atoms with Crippen molar-refractivity contribution in [3.8, 4) is 6.07 Å². The van der Waals surface area contributed by atoms with Crippen LogP contribution in [0.5, 0.6) is 0 Å². The van der Waals surface area contributed by atoms with E-state index >= 15 is 0 Å². The third-order valence-electron chi connectivity index (χ3n) is 4.55. The van der Waals surface area contributed by atoms with E-state index in [0.29, 0.717) is 30.7 Å². The Labute approximate surface area is 116 Å². The first-order chi connectivity index (χ1) is 9.17. The minimum absolute atomic E-state index is 0.226. The van der Waals surface area contributed by atoms with E-state index in [-0.39, 0.29) is 5.91 Å². The Kier molecular flexibility index (Phi) is 5.21. The van der Waals surface area contributed by atoms with Crippen molar-refractivity contribution in [3.05, 3.63) is 0 Å². The molecule has 0 aromatic carbocycles. The van der Waals surface area contributed by atoms with Gasteiger partial charge in [0, 0.05) is 25.4 Å². The average Bonchev–Trinajstić information content (AvgIpc) is 2.77. The molecular formula is C15H25N3O. The topological polar surface area (TPSA) is 56.1 Å². The van der Waals surface area contributed by atoms with Crippen molar-refractivity contribution < 1.29 is 4.79 Å². The number of amides is 1. The Morgan fingerprint density at radius 3 is 2.58 bits per heavy atom. The first-order valence-electron chi connectivity index (χ1n) is 7.52. The third kappa shape index (κ3) is 4.50. The molecule has 1 aliphatic heterocycles. The molecule has 2 fully saturated rings. The molecule has 1 N–H and O–H groups in total. The molecule has 1 aliphatic carbocycles. The molecule has 2 aliphatic rings. The lowest BCUT2D eigenvalue weighted by molar-refractivity contribution is -0.122. The zero-order chi connectivity index (χ0) is 13.7. The largest absolute Gasteiger partial charge is 0.353 e. The number of rotatable bonds is 4. The molecule has 0 aromatic rings. The van der Waals surface area contributed by atoms with Gasteiger partial charge in [-0.3, -0.25) is 4.79 Å². The number of hydrogen-bond donors (Lipinski definition) is 1. The number of carbonyl (C=O) groups is 1. The minimum Gasteiger partial charge on any atom is -0.353 e. The summed E-state index contributed by atoms with van der Waals surface area (Å²) in [5.74, 6) is 1.32. The Morgan fingerprint density at radius 2 is 2.00 bits per heavy atom. The lowest BCUT2D eigenvalue weighted by atomic mass is 9.84. The van der Waals surface area contributed by atoms with Gasteiger partial charge < -0.3 is 10.2 Å². The van der Waals surface area contributed by atoms with E-state index in [4.69, 9.17) is 5.26 Å². The maximum absolute atomic E-state index is 12.0. The summed E-state index contributed by atoms with van der Waals surface area (Å²) in [7, 11) is 2.12. The van der Waals surface area contributed by atoms with Crippen LogP contribution in [0, 0.1) is 23.2 Å². The molecule has 0 radical (unpaired) electrons. The normalized spacial score (nSPS) is 31.9. The molecule has 0 aromatic heterocycles. The maximum atomic E-state index is 12.0. The van der Waals surface area contributed by atoms with Crippen LogP contribution in [0.2, 0.25) is 0 Å². The molecule has 2 rings (SSSR count). The second kappa shape index (κ2) is 6.91. The van der Waals surface area contributed by atoms with Gasteiger partial charge in [-0.15, -0.1) is 0 Å². The van der Waals surface area contributed by atoms with Crippen molar-refractivity contribution in [1.29, 1.82) is 5.26 Å². The van der Waals surface area contributed by atoms with Crippen LogP contribution in [0.15, 0.2) is 0 Å². The molecule has 19 heavy (non-hydrogen) atoms. The quantitative estimate of drug-likeness (QED) is 0.843. The predicted octanol–water partition coefficient (Wildman–Crippen LogP) is 1.92. The van der Waals surface area contributed by atoms with Crippen LogP contribution in [0.3, 0.4) is 0 Å². The lowest BCUT2D eigenvalue weighted by Crippen LogP contribution is -2.38. The zero-order valence-corrected chi connectivity index (χ0v) is 11.9. The highest BCUT2D eigenvalue weighted by Crippen LogP contribution is 2.26. The van der Waals surface area contributed by atoms with Gasteiger partial charge in [0.25, 0.3) is 0 Å². The van der Waals surface area contributed by atoms with E-state index in [0.717, 1.165) is 45.2 Å². The Morgan fingerprint density at radius 1 is 1.26 bits per heavy atom. The van der Waals surface area contributed by atoms with E-state index < -0.39 is 0 Å². The molecule has 1 amide bonds. The van der Waals surface area contributed by atoms with E-state index in [9.17, 15) is 4.79 Å². The lowest BCUT2D eigenvalue weighted by Gasteiger charge is -2.28. The van der Waals surface area contributed by atoms with E-state index in [1.54, 1.807) is 0 Å². The first kappa shape index (κ1) is 14.3. The predicted molar refractivity (Wildman–Crippen MR) is 74.3 cm³/mol. The third-order valence-corrected chi connectivity index (χ3v) is 4.55. The average molecular weight is 263 g/mol. The summed E-state index contributed by atoms with van der Waals surface area (Å²) in [6.45, 7) is 2.18. The number of carbonyl (C=O) groups excluding carboxylic acids is 1. The van der Waals surface area contributed by atoms with Gasteiger partial charge in [-0.2, -0.15) is 5.26 Å². The van der Waals surface area contributed by atoms with Gasteiger partial charge in [0.1, 0.15) is 0 Å². The molecule has 1 unspecified atom stereocenters. The highest BCUT2D eigenvalue weighted by molar-refractivity contribution is 5.76. The summed E-state index contributed by atoms with van der Waals surface area (Å²) in [5, 5.41) is 11.9. The minimum atomic E-state index is 0.226. The van der Waals surface area contributed by atoms with Gasteiger partial charge in [0.2, 0.25) is 5.91 Å². The summed E-state index contributed by atoms with van der Waals surface area (Å²) in [6, 6.07) is 2.60. The monoisotopic (exact) mass is 263 g/mol. The van der Waals surface area contributed by atoms with Gasteiger partial charge in [0.15, 0.2) is 0 Å². The van der Waals surface area contributed by atoms with Crippen molar-refractivity contribution in [2.75, 3.05) is 20.1 Å². The van der Waals surface area contributed by atoms with Crippen LogP contribution < -0.4 is 5.32 Å². The molecule has 0 bridgehead atoms. The van der Waals surface area contributed by atoms with Crippen molar-refractivity contribution in [2.45, 2.75) is 51.0 Å². The summed E-state index contributed by atoms with van der Waals surface area (Å²) >= 11 is 0. The summed E-state index contributed by atoms with van der Waals surface area (Å²) < 4.78 is 0. The molecule has 4 nitrogen and oxygen atoms in total. The second-order valence-electron chi connectivity index (χ2n) is 6.27. The molecule has 1 saturated carbocycles. The molecule has 0 spiro atoms. The Balaban J connectivity index is 1.65. The van der Waals surface area contributed by atoms with Gasteiger partial charge in [-0.05, 0) is 57.5 Å². The highest BCUT2D eigenvalue weighted by atomic mass is 16.1. The van der Waals surface area contributed by atoms with Gasteiger partial charge in [0.05, 0.1) is 6.07 Å². The fraction of sp³-hybridized carbons (Fsp3) is 0.867. The molecule has 1 atom stereocenters. The number of nitrogens with one attached hydrogen (secondary N) is 1. The van der Waals surface area contributed by atoms with Crippen LogP contribution in [-0.2, 0) is 4.79 Å². The number of hydrogen-bond acceptors (Lipinski definition) is 3. The van der Waals surface area contributed by atoms with E-state index in [1.165, 1.54) is 0 Å². The molecule has 106 valence electrons. The fourth-order valence-electron chi connectivity index (χ4n) is 3.38. The molecule has 1 heterocycles. The second-order valence-corrected chi connectivity index (χ2v) is 6.27. The van der Waals surface area contributed by atoms with Crippen LogP contribution in [0.4, 0.5) is 0 Å². The molecule has 4 heteroatoms. The summed E-state index contributed by atoms with van der Waals surface area (Å²) in [4.78, 5) is 14.3. The van der Waals surface area contributed by atoms with Gasteiger partial charge in [-0.1, -0.05) is 0 Å². The van der Waals surface area contributed by atoms with E-state index in [1.807, 2.05) is 0 Å². The first-order valence-corrected chi connectivity index (χ1v) is 7.52. The summed E-state index contributed by atoms with van der Waals surface area (Å²) in [5.41, 5.74) is 0. The SMILES string of the molecule is CN1CCC(CC(=O)NC2CCC(CC#N)CC2)C1. The van der Waals surface area contributed by atoms with Crippen LogP contribution in [-0.4, -0.2) is 37.0 Å². The van der Waals surface area contributed by atoms with Crippen LogP contribution in [0.1, 0.15) is 44.9 Å². The van der Waals surface area contributed by atoms with Gasteiger partial charge >= 0.3 is 0 Å². The highest BCUT2D eigenvalue weighted by Gasteiger charge is 2.25. The van der Waals surface area contributed by atoms with Crippen molar-refractivity contribution in [1.82, 2.24) is 10.2 Å². The summed E-state index contributed by atoms with van der Waals surface area (Å²) in [6.07, 6.45) is 6.77. The standard InChI is InChI=1S/C15H25N3O/c1-18-9-7-13(11-18)10-15(19)17-14-4-2-12(3-5-14)6-8-16/h12-14H,2-7,9-11H2,1H3,(H,17,19). The number of nitrogens with zero attached hydrogens (tertiary/aromatic N) is 2.